The van der Waals surface area contributed by atoms with E-state index in [1.165, 1.54) is 7.11 Å². The fourth-order valence-electron chi connectivity index (χ4n) is 1.50. The van der Waals surface area contributed by atoms with Gasteiger partial charge < -0.3 is 10.1 Å². The van der Waals surface area contributed by atoms with Crippen LogP contribution in [0.25, 0.3) is 0 Å². The van der Waals surface area contributed by atoms with Gasteiger partial charge in [-0.3, -0.25) is 4.79 Å². The molecule has 0 aliphatic heterocycles. The topological polar surface area (TPSA) is 38.3 Å². The Morgan fingerprint density at radius 2 is 2.00 bits per heavy atom. The van der Waals surface area contributed by atoms with Crippen LogP contribution in [0, 0.1) is 5.92 Å². The molecule has 96 valence electrons. The van der Waals surface area contributed by atoms with Crippen molar-refractivity contribution in [1.29, 1.82) is 0 Å². The molecule has 0 aromatic heterocycles. The standard InChI is InChI=1S/C12H25NO2S/c1-9(2)8-16-10(3)7-12(4,13-5)11(14)15-6/h9-10,13H,7-8H2,1-6H3. The number of carbonyl (C=O) groups is 1. The fourth-order valence-corrected chi connectivity index (χ4v) is 2.67. The normalized spacial score (nSPS) is 16.9. The van der Waals surface area contributed by atoms with Crippen LogP contribution < -0.4 is 5.32 Å². The molecule has 1 N–H and O–H groups in total. The zero-order valence-corrected chi connectivity index (χ0v) is 12.1. The highest BCUT2D eigenvalue weighted by Crippen LogP contribution is 2.24. The summed E-state index contributed by atoms with van der Waals surface area (Å²) in [5, 5.41) is 3.50. The third kappa shape index (κ3) is 5.21. The average molecular weight is 247 g/mol. The minimum atomic E-state index is -0.571. The summed E-state index contributed by atoms with van der Waals surface area (Å²) in [6, 6.07) is 0. The van der Waals surface area contributed by atoms with E-state index >= 15 is 0 Å². The van der Waals surface area contributed by atoms with Gasteiger partial charge in [0.2, 0.25) is 0 Å². The van der Waals surface area contributed by atoms with Gasteiger partial charge in [-0.15, -0.1) is 0 Å². The molecule has 0 bridgehead atoms. The van der Waals surface area contributed by atoms with Gasteiger partial charge in [0.25, 0.3) is 0 Å². The van der Waals surface area contributed by atoms with Crippen LogP contribution in [0.4, 0.5) is 0 Å². The van der Waals surface area contributed by atoms with E-state index in [2.05, 4.69) is 26.1 Å². The van der Waals surface area contributed by atoms with Gasteiger partial charge >= 0.3 is 5.97 Å². The molecule has 0 spiro atoms. The number of likely N-dealkylation sites (N-methyl/N-ethyl adjacent to an activating group) is 1. The molecular formula is C12H25NO2S. The quantitative estimate of drug-likeness (QED) is 0.701. The maximum atomic E-state index is 11.6. The van der Waals surface area contributed by atoms with Gasteiger partial charge in [0, 0.05) is 5.25 Å². The van der Waals surface area contributed by atoms with Gasteiger partial charge in [0.1, 0.15) is 5.54 Å². The average Bonchev–Trinajstić information content (AvgIpc) is 2.24. The first-order valence-electron chi connectivity index (χ1n) is 5.74. The third-order valence-corrected chi connectivity index (χ3v) is 4.19. The van der Waals surface area contributed by atoms with Crippen molar-refractivity contribution in [3.05, 3.63) is 0 Å². The first kappa shape index (κ1) is 15.8. The lowest BCUT2D eigenvalue weighted by Crippen LogP contribution is -2.49. The molecule has 0 heterocycles. The van der Waals surface area contributed by atoms with E-state index in [1.54, 1.807) is 7.05 Å². The highest BCUT2D eigenvalue weighted by Gasteiger charge is 2.34. The zero-order chi connectivity index (χ0) is 12.8. The SMILES string of the molecule is CNC(C)(CC(C)SCC(C)C)C(=O)OC. The molecule has 0 aliphatic rings. The Morgan fingerprint density at radius 1 is 1.44 bits per heavy atom. The van der Waals surface area contributed by atoms with Crippen LogP contribution in [-0.4, -0.2) is 36.7 Å². The lowest BCUT2D eigenvalue weighted by molar-refractivity contribution is -0.147. The Bertz CT molecular complexity index is 221. The summed E-state index contributed by atoms with van der Waals surface area (Å²) in [6.45, 7) is 8.46. The largest absolute Gasteiger partial charge is 0.468 e. The van der Waals surface area contributed by atoms with E-state index in [0.29, 0.717) is 11.2 Å². The highest BCUT2D eigenvalue weighted by molar-refractivity contribution is 7.99. The van der Waals surface area contributed by atoms with Crippen molar-refractivity contribution in [2.75, 3.05) is 19.9 Å². The number of hydrogen-bond acceptors (Lipinski definition) is 4. The molecule has 2 unspecified atom stereocenters. The van der Waals surface area contributed by atoms with Gasteiger partial charge in [-0.2, -0.15) is 11.8 Å². The lowest BCUT2D eigenvalue weighted by Gasteiger charge is -2.29. The van der Waals surface area contributed by atoms with Crippen LogP contribution in [-0.2, 0) is 9.53 Å². The van der Waals surface area contributed by atoms with Gasteiger partial charge in [0.05, 0.1) is 7.11 Å². The Morgan fingerprint density at radius 3 is 2.38 bits per heavy atom. The molecule has 0 saturated carbocycles. The first-order valence-corrected chi connectivity index (χ1v) is 6.79. The van der Waals surface area contributed by atoms with Crippen molar-refractivity contribution in [1.82, 2.24) is 5.32 Å². The Balaban J connectivity index is 4.25. The molecule has 16 heavy (non-hydrogen) atoms. The minimum absolute atomic E-state index is 0.188. The van der Waals surface area contributed by atoms with Crippen LogP contribution in [0.15, 0.2) is 0 Å². The van der Waals surface area contributed by atoms with E-state index in [0.717, 1.165) is 12.2 Å². The Labute approximate surface area is 104 Å². The van der Waals surface area contributed by atoms with Gasteiger partial charge in [-0.25, -0.2) is 0 Å². The summed E-state index contributed by atoms with van der Waals surface area (Å²) < 4.78 is 4.82. The van der Waals surface area contributed by atoms with Crippen LogP contribution >= 0.6 is 11.8 Å². The summed E-state index contributed by atoms with van der Waals surface area (Å²) >= 11 is 1.91. The summed E-state index contributed by atoms with van der Waals surface area (Å²) in [5.74, 6) is 1.63. The summed E-state index contributed by atoms with van der Waals surface area (Å²) in [6.07, 6.45) is 0.785. The number of esters is 1. The molecule has 2 atom stereocenters. The molecule has 0 amide bonds. The molecule has 0 fully saturated rings. The van der Waals surface area contributed by atoms with Crippen molar-refractivity contribution >= 4 is 17.7 Å². The monoisotopic (exact) mass is 247 g/mol. The van der Waals surface area contributed by atoms with Crippen LogP contribution in [0.5, 0.6) is 0 Å². The van der Waals surface area contributed by atoms with E-state index in [-0.39, 0.29) is 5.97 Å². The highest BCUT2D eigenvalue weighted by atomic mass is 32.2. The molecule has 0 aromatic rings. The van der Waals surface area contributed by atoms with Gasteiger partial charge in [-0.05, 0) is 32.1 Å². The lowest BCUT2D eigenvalue weighted by atomic mass is 9.96. The second-order valence-electron chi connectivity index (χ2n) is 4.82. The molecule has 0 rings (SSSR count). The Kier molecular flexibility index (Phi) is 7.07. The number of nitrogens with one attached hydrogen (secondary N) is 1. The van der Waals surface area contributed by atoms with Crippen molar-refractivity contribution in [3.8, 4) is 0 Å². The van der Waals surface area contributed by atoms with Crippen molar-refractivity contribution in [3.63, 3.8) is 0 Å². The molecule has 0 radical (unpaired) electrons. The fraction of sp³-hybridized carbons (Fsp3) is 0.917. The van der Waals surface area contributed by atoms with Crippen LogP contribution in [0.1, 0.15) is 34.1 Å². The van der Waals surface area contributed by atoms with Crippen LogP contribution in [0.3, 0.4) is 0 Å². The first-order chi connectivity index (χ1) is 7.35. The van der Waals surface area contributed by atoms with Crippen molar-refractivity contribution in [2.24, 2.45) is 5.92 Å². The smallest absolute Gasteiger partial charge is 0.325 e. The van der Waals surface area contributed by atoms with Gasteiger partial charge in [0.15, 0.2) is 0 Å². The number of hydrogen-bond donors (Lipinski definition) is 1. The van der Waals surface area contributed by atoms with Crippen molar-refractivity contribution in [2.45, 2.75) is 44.9 Å². The molecular weight excluding hydrogens is 222 g/mol. The predicted molar refractivity (Wildman–Crippen MR) is 70.9 cm³/mol. The van der Waals surface area contributed by atoms with E-state index in [4.69, 9.17) is 4.74 Å². The van der Waals surface area contributed by atoms with Crippen LogP contribution in [0.2, 0.25) is 0 Å². The number of thioether (sulfide) groups is 1. The Hall–Kier alpha value is -0.220. The second-order valence-corrected chi connectivity index (χ2v) is 6.29. The number of ether oxygens (including phenoxy) is 1. The zero-order valence-electron chi connectivity index (χ0n) is 11.3. The van der Waals surface area contributed by atoms with E-state index < -0.39 is 5.54 Å². The number of methoxy groups -OCH3 is 1. The molecule has 3 nitrogen and oxygen atoms in total. The van der Waals surface area contributed by atoms with Crippen molar-refractivity contribution < 1.29 is 9.53 Å². The number of rotatable bonds is 7. The predicted octanol–water partition coefficient (Wildman–Crippen LogP) is 2.31. The van der Waals surface area contributed by atoms with E-state index in [1.807, 2.05) is 18.7 Å². The summed E-state index contributed by atoms with van der Waals surface area (Å²) in [7, 11) is 3.24. The maximum absolute atomic E-state index is 11.6. The molecule has 4 heteroatoms. The maximum Gasteiger partial charge on any atom is 0.325 e. The second kappa shape index (κ2) is 7.17. The summed E-state index contributed by atoms with van der Waals surface area (Å²) in [5.41, 5.74) is -0.571. The number of carbonyl (C=O) groups excluding carboxylic acids is 1. The van der Waals surface area contributed by atoms with Gasteiger partial charge in [-0.1, -0.05) is 20.8 Å². The molecule has 0 saturated heterocycles. The van der Waals surface area contributed by atoms with E-state index in [9.17, 15) is 4.79 Å². The molecule has 0 aromatic carbocycles. The molecule has 0 aliphatic carbocycles. The summed E-state index contributed by atoms with van der Waals surface area (Å²) in [4.78, 5) is 11.6. The third-order valence-electron chi connectivity index (χ3n) is 2.60. The minimum Gasteiger partial charge on any atom is -0.468 e.